The summed E-state index contributed by atoms with van der Waals surface area (Å²) < 4.78 is 0. The van der Waals surface area contributed by atoms with Crippen LogP contribution >= 0.6 is 0 Å². The smallest absolute Gasteiger partial charge is 0.240 e. The van der Waals surface area contributed by atoms with Crippen molar-refractivity contribution in [3.63, 3.8) is 0 Å². The Morgan fingerprint density at radius 2 is 2.38 bits per heavy atom. The van der Waals surface area contributed by atoms with E-state index in [4.69, 9.17) is 5.11 Å². The van der Waals surface area contributed by atoms with Crippen LogP contribution in [0.5, 0.6) is 0 Å². The molecule has 0 bridgehead atoms. The molecule has 2 unspecified atom stereocenters. The minimum absolute atomic E-state index is 0.0497. The molecule has 0 aromatic rings. The van der Waals surface area contributed by atoms with Gasteiger partial charge in [-0.25, -0.2) is 0 Å². The van der Waals surface area contributed by atoms with E-state index in [0.29, 0.717) is 6.42 Å². The minimum Gasteiger partial charge on any atom is -0.396 e. The Labute approximate surface area is 97.8 Å². The number of hydrogen-bond acceptors (Lipinski definition) is 3. The molecule has 0 saturated carbocycles. The van der Waals surface area contributed by atoms with E-state index in [-0.39, 0.29) is 24.1 Å². The molecule has 16 heavy (non-hydrogen) atoms. The van der Waals surface area contributed by atoms with Crippen molar-refractivity contribution in [3.8, 4) is 0 Å². The van der Waals surface area contributed by atoms with Crippen molar-refractivity contribution in [2.75, 3.05) is 13.2 Å². The maximum atomic E-state index is 12.2. The van der Waals surface area contributed by atoms with Gasteiger partial charge in [0.25, 0.3) is 0 Å². The van der Waals surface area contributed by atoms with Crippen molar-refractivity contribution >= 4 is 5.91 Å². The first-order valence-corrected chi connectivity index (χ1v) is 6.31. The van der Waals surface area contributed by atoms with Gasteiger partial charge in [-0.15, -0.1) is 0 Å². The van der Waals surface area contributed by atoms with E-state index in [0.717, 1.165) is 32.2 Å². The summed E-state index contributed by atoms with van der Waals surface area (Å²) in [4.78, 5) is 12.2. The molecule has 1 aliphatic heterocycles. The summed E-state index contributed by atoms with van der Waals surface area (Å²) in [5, 5.41) is 15.1. The predicted octanol–water partition coefficient (Wildman–Crippen LogP) is 0.796. The van der Waals surface area contributed by atoms with Crippen molar-refractivity contribution in [2.45, 2.75) is 57.5 Å². The second-order valence-electron chi connectivity index (χ2n) is 4.75. The predicted molar refractivity (Wildman–Crippen MR) is 64.2 cm³/mol. The van der Waals surface area contributed by atoms with E-state index in [9.17, 15) is 4.79 Å². The highest BCUT2D eigenvalue weighted by atomic mass is 16.3. The number of rotatable bonds is 6. The van der Waals surface area contributed by atoms with Gasteiger partial charge < -0.3 is 15.7 Å². The largest absolute Gasteiger partial charge is 0.396 e. The summed E-state index contributed by atoms with van der Waals surface area (Å²) in [5.74, 6) is 0.104. The highest BCUT2D eigenvalue weighted by Gasteiger charge is 2.40. The Hall–Kier alpha value is -0.610. The van der Waals surface area contributed by atoms with Gasteiger partial charge in [-0.05, 0) is 39.2 Å². The normalized spacial score (nSPS) is 26.7. The molecule has 1 saturated heterocycles. The molecule has 3 N–H and O–H groups in total. The van der Waals surface area contributed by atoms with Crippen LogP contribution in [0.2, 0.25) is 0 Å². The van der Waals surface area contributed by atoms with Crippen LogP contribution in [-0.2, 0) is 4.79 Å². The van der Waals surface area contributed by atoms with Gasteiger partial charge in [0.1, 0.15) is 0 Å². The molecule has 0 aliphatic carbocycles. The molecule has 94 valence electrons. The summed E-state index contributed by atoms with van der Waals surface area (Å²) in [6, 6.07) is 0.0497. The molecule has 4 heteroatoms. The number of aliphatic hydroxyl groups is 1. The van der Waals surface area contributed by atoms with Gasteiger partial charge in [-0.3, -0.25) is 4.79 Å². The Balaban J connectivity index is 2.54. The van der Waals surface area contributed by atoms with E-state index < -0.39 is 0 Å². The average molecular weight is 228 g/mol. The van der Waals surface area contributed by atoms with Crippen LogP contribution in [0.4, 0.5) is 0 Å². The fraction of sp³-hybridized carbons (Fsp3) is 0.917. The molecule has 1 aliphatic rings. The van der Waals surface area contributed by atoms with Crippen LogP contribution in [0.1, 0.15) is 46.0 Å². The number of carbonyl (C=O) groups excluding carboxylic acids is 1. The Morgan fingerprint density at radius 1 is 1.62 bits per heavy atom. The van der Waals surface area contributed by atoms with Crippen molar-refractivity contribution in [1.29, 1.82) is 0 Å². The Bertz CT molecular complexity index is 225. The van der Waals surface area contributed by atoms with Crippen LogP contribution in [0, 0.1) is 0 Å². The third kappa shape index (κ3) is 3.19. The molecule has 0 aromatic carbocycles. The molecule has 1 heterocycles. The number of hydrogen-bond donors (Lipinski definition) is 3. The zero-order valence-electron chi connectivity index (χ0n) is 10.4. The van der Waals surface area contributed by atoms with Gasteiger partial charge >= 0.3 is 0 Å². The molecule has 1 rings (SSSR count). The molecule has 2 atom stereocenters. The quantitative estimate of drug-likeness (QED) is 0.630. The fourth-order valence-corrected chi connectivity index (χ4v) is 2.38. The van der Waals surface area contributed by atoms with Gasteiger partial charge in [0, 0.05) is 12.6 Å². The maximum Gasteiger partial charge on any atom is 0.240 e. The Morgan fingerprint density at radius 3 is 2.88 bits per heavy atom. The van der Waals surface area contributed by atoms with E-state index in [2.05, 4.69) is 17.6 Å². The van der Waals surface area contributed by atoms with Crippen molar-refractivity contribution in [3.05, 3.63) is 0 Å². The van der Waals surface area contributed by atoms with E-state index in [1.165, 1.54) is 0 Å². The Kier molecular flexibility index (Phi) is 5.22. The first-order chi connectivity index (χ1) is 7.64. The lowest BCUT2D eigenvalue weighted by Gasteiger charge is -2.29. The third-order valence-electron chi connectivity index (χ3n) is 3.29. The lowest BCUT2D eigenvalue weighted by Crippen LogP contribution is -2.55. The summed E-state index contributed by atoms with van der Waals surface area (Å²) in [6.45, 7) is 5.09. The molecule has 0 aromatic heterocycles. The second kappa shape index (κ2) is 6.21. The highest BCUT2D eigenvalue weighted by molar-refractivity contribution is 5.86. The molecule has 0 spiro atoms. The van der Waals surface area contributed by atoms with Crippen LogP contribution in [-0.4, -0.2) is 35.7 Å². The summed E-state index contributed by atoms with van der Waals surface area (Å²) in [6.07, 6.45) is 4.52. The first kappa shape index (κ1) is 13.5. The third-order valence-corrected chi connectivity index (χ3v) is 3.29. The topological polar surface area (TPSA) is 61.4 Å². The van der Waals surface area contributed by atoms with Gasteiger partial charge in [-0.1, -0.05) is 13.3 Å². The summed E-state index contributed by atoms with van der Waals surface area (Å²) >= 11 is 0. The van der Waals surface area contributed by atoms with Gasteiger partial charge in [0.15, 0.2) is 0 Å². The van der Waals surface area contributed by atoms with E-state index in [1.807, 2.05) is 6.92 Å². The molecular weight excluding hydrogens is 204 g/mol. The average Bonchev–Trinajstić information content (AvgIpc) is 2.68. The van der Waals surface area contributed by atoms with Crippen molar-refractivity contribution in [2.24, 2.45) is 0 Å². The lowest BCUT2D eigenvalue weighted by atomic mass is 9.90. The minimum atomic E-state index is -0.349. The number of amides is 1. The molecule has 4 nitrogen and oxygen atoms in total. The van der Waals surface area contributed by atoms with Crippen LogP contribution in [0.25, 0.3) is 0 Å². The summed E-state index contributed by atoms with van der Waals surface area (Å²) in [5.41, 5.74) is -0.349. The standard InChI is InChI=1S/C12H24N2O2/c1-3-6-12(7-4-8-13-12)11(16)14-10(2)5-9-15/h10,13,15H,3-9H2,1-2H3,(H,14,16). The van der Waals surface area contributed by atoms with Crippen LogP contribution in [0.15, 0.2) is 0 Å². The monoisotopic (exact) mass is 228 g/mol. The lowest BCUT2D eigenvalue weighted by molar-refractivity contribution is -0.128. The fourth-order valence-electron chi connectivity index (χ4n) is 2.38. The van der Waals surface area contributed by atoms with Gasteiger partial charge in [0.05, 0.1) is 5.54 Å². The maximum absolute atomic E-state index is 12.2. The van der Waals surface area contributed by atoms with Crippen LogP contribution < -0.4 is 10.6 Å². The van der Waals surface area contributed by atoms with E-state index in [1.54, 1.807) is 0 Å². The second-order valence-corrected chi connectivity index (χ2v) is 4.75. The van der Waals surface area contributed by atoms with Gasteiger partial charge in [0.2, 0.25) is 5.91 Å². The molecular formula is C12H24N2O2. The summed E-state index contributed by atoms with van der Waals surface area (Å²) in [7, 11) is 0. The molecule has 0 radical (unpaired) electrons. The molecule has 1 amide bonds. The zero-order valence-corrected chi connectivity index (χ0v) is 10.4. The first-order valence-electron chi connectivity index (χ1n) is 6.31. The van der Waals surface area contributed by atoms with Crippen LogP contribution in [0.3, 0.4) is 0 Å². The number of aliphatic hydroxyl groups excluding tert-OH is 1. The number of carbonyl (C=O) groups is 1. The SMILES string of the molecule is CCCC1(C(=O)NC(C)CCO)CCCN1. The highest BCUT2D eigenvalue weighted by Crippen LogP contribution is 2.25. The van der Waals surface area contributed by atoms with E-state index >= 15 is 0 Å². The molecule has 1 fully saturated rings. The van der Waals surface area contributed by atoms with Crippen molar-refractivity contribution in [1.82, 2.24) is 10.6 Å². The van der Waals surface area contributed by atoms with Crippen molar-refractivity contribution < 1.29 is 9.90 Å². The zero-order chi connectivity index (χ0) is 12.0. The van der Waals surface area contributed by atoms with Gasteiger partial charge in [-0.2, -0.15) is 0 Å². The number of nitrogens with one attached hydrogen (secondary N) is 2.